The van der Waals surface area contributed by atoms with Crippen molar-refractivity contribution in [3.05, 3.63) is 35.4 Å². The molecule has 0 spiro atoms. The van der Waals surface area contributed by atoms with Gasteiger partial charge in [-0.2, -0.15) is 0 Å². The Kier molecular flexibility index (Phi) is 4.88. The van der Waals surface area contributed by atoms with E-state index in [4.69, 9.17) is 5.73 Å². The summed E-state index contributed by atoms with van der Waals surface area (Å²) in [5.74, 6) is 0.761. The van der Waals surface area contributed by atoms with Crippen molar-refractivity contribution in [1.82, 2.24) is 5.32 Å². The molecule has 4 heteroatoms. The van der Waals surface area contributed by atoms with Gasteiger partial charge in [0.15, 0.2) is 0 Å². The normalized spacial score (nSPS) is 24.9. The van der Waals surface area contributed by atoms with Gasteiger partial charge in [0, 0.05) is 24.2 Å². The van der Waals surface area contributed by atoms with Gasteiger partial charge in [-0.1, -0.05) is 31.2 Å². The van der Waals surface area contributed by atoms with Crippen LogP contribution in [0.3, 0.4) is 0 Å². The standard InChI is InChI=1S/C15H22F2N2/c1-10-2-7-13(8-10)19-14(9-18)11-3-5-12(6-4-11)15(16)17/h3-6,10,13-15,19H,2,7-9,18H2,1H3. The maximum Gasteiger partial charge on any atom is 0.263 e. The second-order valence-electron chi connectivity index (χ2n) is 5.54. The van der Waals surface area contributed by atoms with Crippen LogP contribution >= 0.6 is 0 Å². The predicted molar refractivity (Wildman–Crippen MR) is 73.1 cm³/mol. The second kappa shape index (κ2) is 6.44. The molecule has 0 heterocycles. The van der Waals surface area contributed by atoms with E-state index in [1.807, 2.05) is 0 Å². The van der Waals surface area contributed by atoms with Crippen LogP contribution in [0.5, 0.6) is 0 Å². The van der Waals surface area contributed by atoms with Gasteiger partial charge in [-0.05, 0) is 30.7 Å². The van der Waals surface area contributed by atoms with Crippen molar-refractivity contribution in [3.63, 3.8) is 0 Å². The lowest BCUT2D eigenvalue weighted by Crippen LogP contribution is -2.35. The monoisotopic (exact) mass is 268 g/mol. The fourth-order valence-corrected chi connectivity index (χ4v) is 2.82. The maximum absolute atomic E-state index is 12.5. The van der Waals surface area contributed by atoms with Crippen LogP contribution in [0.25, 0.3) is 0 Å². The number of nitrogens with two attached hydrogens (primary N) is 1. The summed E-state index contributed by atoms with van der Waals surface area (Å²) in [6, 6.07) is 7.04. The fourth-order valence-electron chi connectivity index (χ4n) is 2.82. The van der Waals surface area contributed by atoms with Gasteiger partial charge in [0.2, 0.25) is 0 Å². The highest BCUT2D eigenvalue weighted by Gasteiger charge is 2.23. The molecular weight excluding hydrogens is 246 g/mol. The molecule has 2 rings (SSSR count). The number of nitrogens with one attached hydrogen (secondary N) is 1. The Bertz CT molecular complexity index is 392. The topological polar surface area (TPSA) is 38.0 Å². The molecule has 0 aliphatic heterocycles. The number of benzene rings is 1. The minimum atomic E-state index is -2.41. The molecule has 106 valence electrons. The molecule has 3 unspecified atom stereocenters. The molecule has 0 saturated heterocycles. The Morgan fingerprint density at radius 1 is 1.21 bits per heavy atom. The average molecular weight is 268 g/mol. The van der Waals surface area contributed by atoms with E-state index >= 15 is 0 Å². The molecule has 1 aromatic rings. The van der Waals surface area contributed by atoms with Crippen LogP contribution in [-0.4, -0.2) is 12.6 Å². The molecule has 2 nitrogen and oxygen atoms in total. The molecular formula is C15H22F2N2. The second-order valence-corrected chi connectivity index (χ2v) is 5.54. The maximum atomic E-state index is 12.5. The van der Waals surface area contributed by atoms with Crippen LogP contribution in [0.2, 0.25) is 0 Å². The van der Waals surface area contributed by atoms with E-state index < -0.39 is 6.43 Å². The van der Waals surface area contributed by atoms with Crippen LogP contribution in [0, 0.1) is 5.92 Å². The molecule has 0 amide bonds. The predicted octanol–water partition coefficient (Wildman–Crippen LogP) is 3.40. The Labute approximate surface area is 113 Å². The van der Waals surface area contributed by atoms with Gasteiger partial charge in [0.05, 0.1) is 0 Å². The molecule has 1 aliphatic rings. The van der Waals surface area contributed by atoms with Crippen LogP contribution in [-0.2, 0) is 0 Å². The summed E-state index contributed by atoms with van der Waals surface area (Å²) in [7, 11) is 0. The largest absolute Gasteiger partial charge is 0.329 e. The number of alkyl halides is 2. The highest BCUT2D eigenvalue weighted by Crippen LogP contribution is 2.27. The van der Waals surface area contributed by atoms with E-state index in [0.717, 1.165) is 11.5 Å². The fraction of sp³-hybridized carbons (Fsp3) is 0.600. The van der Waals surface area contributed by atoms with Gasteiger partial charge < -0.3 is 11.1 Å². The van der Waals surface area contributed by atoms with Crippen molar-refractivity contribution in [2.45, 2.75) is 44.7 Å². The van der Waals surface area contributed by atoms with E-state index in [9.17, 15) is 8.78 Å². The summed E-state index contributed by atoms with van der Waals surface area (Å²) in [5.41, 5.74) is 6.86. The number of halogens is 2. The lowest BCUT2D eigenvalue weighted by molar-refractivity contribution is 0.151. The average Bonchev–Trinajstić information content (AvgIpc) is 2.81. The van der Waals surface area contributed by atoms with Gasteiger partial charge >= 0.3 is 0 Å². The van der Waals surface area contributed by atoms with Crippen molar-refractivity contribution in [3.8, 4) is 0 Å². The zero-order valence-corrected chi connectivity index (χ0v) is 11.3. The summed E-state index contributed by atoms with van der Waals surface area (Å²) in [6.07, 6.45) is 1.19. The quantitative estimate of drug-likeness (QED) is 0.859. The van der Waals surface area contributed by atoms with E-state index in [2.05, 4.69) is 12.2 Å². The third kappa shape index (κ3) is 3.74. The number of hydrogen-bond donors (Lipinski definition) is 2. The van der Waals surface area contributed by atoms with E-state index in [1.165, 1.54) is 31.4 Å². The molecule has 3 atom stereocenters. The van der Waals surface area contributed by atoms with Crippen molar-refractivity contribution in [2.75, 3.05) is 6.54 Å². The summed E-state index contributed by atoms with van der Waals surface area (Å²) in [4.78, 5) is 0. The van der Waals surface area contributed by atoms with Crippen molar-refractivity contribution < 1.29 is 8.78 Å². The highest BCUT2D eigenvalue weighted by atomic mass is 19.3. The van der Waals surface area contributed by atoms with Gasteiger partial charge in [-0.15, -0.1) is 0 Å². The Morgan fingerprint density at radius 2 is 1.84 bits per heavy atom. The third-order valence-electron chi connectivity index (χ3n) is 3.96. The Balaban J connectivity index is 2.00. The van der Waals surface area contributed by atoms with Gasteiger partial charge in [-0.3, -0.25) is 0 Å². The number of rotatable bonds is 5. The molecule has 0 bridgehead atoms. The highest BCUT2D eigenvalue weighted by molar-refractivity contribution is 5.26. The zero-order valence-electron chi connectivity index (χ0n) is 11.3. The first-order valence-corrected chi connectivity index (χ1v) is 6.94. The summed E-state index contributed by atoms with van der Waals surface area (Å²) < 4.78 is 25.0. The van der Waals surface area contributed by atoms with Crippen molar-refractivity contribution >= 4 is 0 Å². The Hall–Kier alpha value is -1.00. The summed E-state index contributed by atoms with van der Waals surface area (Å²) >= 11 is 0. The first-order chi connectivity index (χ1) is 9.10. The smallest absolute Gasteiger partial charge is 0.263 e. The van der Waals surface area contributed by atoms with E-state index in [-0.39, 0.29) is 11.6 Å². The zero-order chi connectivity index (χ0) is 13.8. The van der Waals surface area contributed by atoms with Crippen LogP contribution in [0.4, 0.5) is 8.78 Å². The summed E-state index contributed by atoms with van der Waals surface area (Å²) in [5, 5.41) is 3.55. The first-order valence-electron chi connectivity index (χ1n) is 6.94. The molecule has 1 aliphatic carbocycles. The van der Waals surface area contributed by atoms with Crippen LogP contribution < -0.4 is 11.1 Å². The van der Waals surface area contributed by atoms with Crippen molar-refractivity contribution in [1.29, 1.82) is 0 Å². The van der Waals surface area contributed by atoms with Crippen LogP contribution in [0.1, 0.15) is 49.8 Å². The summed E-state index contributed by atoms with van der Waals surface area (Å²) in [6.45, 7) is 2.75. The first kappa shape index (κ1) is 14.4. The molecule has 3 N–H and O–H groups in total. The molecule has 0 aromatic heterocycles. The van der Waals surface area contributed by atoms with E-state index in [1.54, 1.807) is 12.1 Å². The van der Waals surface area contributed by atoms with Gasteiger partial charge in [-0.25, -0.2) is 8.78 Å². The lowest BCUT2D eigenvalue weighted by atomic mass is 10.0. The molecule has 1 fully saturated rings. The molecule has 1 aromatic carbocycles. The Morgan fingerprint density at radius 3 is 2.32 bits per heavy atom. The van der Waals surface area contributed by atoms with Gasteiger partial charge in [0.1, 0.15) is 0 Å². The SMILES string of the molecule is CC1CCC(NC(CN)c2ccc(C(F)F)cc2)C1. The van der Waals surface area contributed by atoms with Crippen LogP contribution in [0.15, 0.2) is 24.3 Å². The lowest BCUT2D eigenvalue weighted by Gasteiger charge is -2.22. The third-order valence-corrected chi connectivity index (χ3v) is 3.96. The minimum Gasteiger partial charge on any atom is -0.329 e. The van der Waals surface area contributed by atoms with E-state index in [0.29, 0.717) is 12.6 Å². The molecule has 0 radical (unpaired) electrons. The minimum absolute atomic E-state index is 0.0574. The van der Waals surface area contributed by atoms with Gasteiger partial charge in [0.25, 0.3) is 6.43 Å². The number of hydrogen-bond acceptors (Lipinski definition) is 2. The molecule has 19 heavy (non-hydrogen) atoms. The van der Waals surface area contributed by atoms with Crippen molar-refractivity contribution in [2.24, 2.45) is 11.7 Å². The molecule has 1 saturated carbocycles.